The molecule has 4 heterocycles. The van der Waals surface area contributed by atoms with E-state index < -0.39 is 5.60 Å². The Morgan fingerprint density at radius 3 is 2.85 bits per heavy atom. The van der Waals surface area contributed by atoms with Crippen LogP contribution in [0.1, 0.15) is 32.4 Å². The first-order valence-electron chi connectivity index (χ1n) is 9.10. The Bertz CT molecular complexity index is 968. The predicted molar refractivity (Wildman–Crippen MR) is 103 cm³/mol. The van der Waals surface area contributed by atoms with Gasteiger partial charge >= 0.3 is 0 Å². The van der Waals surface area contributed by atoms with E-state index in [9.17, 15) is 5.11 Å². The number of nitrogens with zero attached hydrogens (tertiary/aromatic N) is 5. The molecular formula is C19H24N6O2. The Morgan fingerprint density at radius 1 is 1.33 bits per heavy atom. The quantitative estimate of drug-likeness (QED) is 0.711. The highest BCUT2D eigenvalue weighted by Crippen LogP contribution is 2.25. The number of hydrogen-bond acceptors (Lipinski definition) is 7. The average Bonchev–Trinajstić information content (AvgIpc) is 3.29. The summed E-state index contributed by atoms with van der Waals surface area (Å²) < 4.78 is 6.89. The van der Waals surface area contributed by atoms with Gasteiger partial charge < -0.3 is 15.3 Å². The van der Waals surface area contributed by atoms with Crippen molar-refractivity contribution in [1.82, 2.24) is 24.5 Å². The van der Waals surface area contributed by atoms with Crippen LogP contribution in [0, 0.1) is 0 Å². The molecule has 0 aromatic carbocycles. The number of aromatic nitrogens is 4. The van der Waals surface area contributed by atoms with Crippen LogP contribution in [0.2, 0.25) is 0 Å². The summed E-state index contributed by atoms with van der Waals surface area (Å²) in [4.78, 5) is 11.4. The lowest BCUT2D eigenvalue weighted by Gasteiger charge is -2.28. The van der Waals surface area contributed by atoms with E-state index in [0.717, 1.165) is 43.7 Å². The van der Waals surface area contributed by atoms with Crippen LogP contribution in [0.15, 0.2) is 35.0 Å². The first-order chi connectivity index (χ1) is 12.9. The second-order valence-corrected chi connectivity index (χ2v) is 7.52. The molecule has 0 aliphatic carbocycles. The third-order valence-corrected chi connectivity index (χ3v) is 4.75. The summed E-state index contributed by atoms with van der Waals surface area (Å²) in [6.07, 6.45) is 5.40. The Kier molecular flexibility index (Phi) is 4.45. The first kappa shape index (κ1) is 17.7. The monoisotopic (exact) mass is 368 g/mol. The number of aliphatic hydroxyl groups is 1. The summed E-state index contributed by atoms with van der Waals surface area (Å²) in [6.45, 7) is 6.32. The van der Waals surface area contributed by atoms with Crippen molar-refractivity contribution >= 4 is 17.2 Å². The van der Waals surface area contributed by atoms with Crippen molar-refractivity contribution in [3.8, 4) is 11.6 Å². The smallest absolute Gasteiger partial charge is 0.223 e. The summed E-state index contributed by atoms with van der Waals surface area (Å²) in [5.74, 6) is 1.39. The largest absolute Gasteiger partial charge is 0.461 e. The molecule has 0 radical (unpaired) electrons. The summed E-state index contributed by atoms with van der Waals surface area (Å²) in [5, 5.41) is 14.3. The van der Waals surface area contributed by atoms with E-state index in [4.69, 9.17) is 10.2 Å². The van der Waals surface area contributed by atoms with Gasteiger partial charge in [0, 0.05) is 25.7 Å². The molecule has 3 aromatic rings. The SMILES string of the molecule is CC(C)(O)CCN1CC=C(c2cc3nc(-c4ccco4)nn3c(N)n2)CC1. The minimum atomic E-state index is -0.635. The highest BCUT2D eigenvalue weighted by Gasteiger charge is 2.19. The zero-order valence-electron chi connectivity index (χ0n) is 15.6. The molecule has 0 fully saturated rings. The number of rotatable bonds is 5. The van der Waals surface area contributed by atoms with Crippen molar-refractivity contribution in [2.45, 2.75) is 32.3 Å². The molecule has 0 spiro atoms. The third kappa shape index (κ3) is 3.86. The maximum absolute atomic E-state index is 9.89. The zero-order chi connectivity index (χ0) is 19.0. The van der Waals surface area contributed by atoms with Gasteiger partial charge in [0.15, 0.2) is 11.4 Å². The van der Waals surface area contributed by atoms with Crippen molar-refractivity contribution < 1.29 is 9.52 Å². The summed E-state index contributed by atoms with van der Waals surface area (Å²) in [5.41, 5.74) is 8.11. The van der Waals surface area contributed by atoms with E-state index in [1.54, 1.807) is 12.3 Å². The van der Waals surface area contributed by atoms with Gasteiger partial charge in [-0.05, 0) is 44.4 Å². The maximum Gasteiger partial charge on any atom is 0.223 e. The molecule has 8 nitrogen and oxygen atoms in total. The topological polar surface area (TPSA) is 106 Å². The lowest BCUT2D eigenvalue weighted by molar-refractivity contribution is 0.0590. The fraction of sp³-hybridized carbons (Fsp3) is 0.421. The Hall–Kier alpha value is -2.71. The molecule has 142 valence electrons. The van der Waals surface area contributed by atoms with Gasteiger partial charge in [0.2, 0.25) is 11.8 Å². The molecule has 8 heteroatoms. The lowest BCUT2D eigenvalue weighted by atomic mass is 10.0. The van der Waals surface area contributed by atoms with Gasteiger partial charge in [-0.3, -0.25) is 4.90 Å². The molecule has 3 N–H and O–H groups in total. The predicted octanol–water partition coefficient (Wildman–Crippen LogP) is 2.22. The number of fused-ring (bicyclic) bond motifs is 1. The number of anilines is 1. The molecule has 3 aromatic heterocycles. The lowest BCUT2D eigenvalue weighted by Crippen LogP contribution is -2.34. The van der Waals surface area contributed by atoms with Crippen molar-refractivity contribution in [2.24, 2.45) is 0 Å². The molecule has 4 rings (SSSR count). The van der Waals surface area contributed by atoms with Crippen molar-refractivity contribution in [2.75, 3.05) is 25.4 Å². The van der Waals surface area contributed by atoms with E-state index >= 15 is 0 Å². The maximum atomic E-state index is 9.89. The van der Waals surface area contributed by atoms with Gasteiger partial charge in [-0.1, -0.05) is 6.08 Å². The average molecular weight is 368 g/mol. The minimum absolute atomic E-state index is 0.304. The fourth-order valence-corrected chi connectivity index (χ4v) is 3.16. The minimum Gasteiger partial charge on any atom is -0.461 e. The van der Waals surface area contributed by atoms with Gasteiger partial charge in [0.05, 0.1) is 17.6 Å². The summed E-state index contributed by atoms with van der Waals surface area (Å²) in [7, 11) is 0. The highest BCUT2D eigenvalue weighted by molar-refractivity contribution is 5.68. The van der Waals surface area contributed by atoms with Crippen LogP contribution in [0.5, 0.6) is 0 Å². The molecule has 0 amide bonds. The van der Waals surface area contributed by atoms with E-state index in [1.807, 2.05) is 26.0 Å². The number of hydrogen-bond donors (Lipinski definition) is 2. The molecule has 1 aliphatic rings. The summed E-state index contributed by atoms with van der Waals surface area (Å²) >= 11 is 0. The van der Waals surface area contributed by atoms with Crippen LogP contribution in [-0.2, 0) is 0 Å². The molecule has 1 aliphatic heterocycles. The first-order valence-corrected chi connectivity index (χ1v) is 9.10. The van der Waals surface area contributed by atoms with Gasteiger partial charge in [-0.15, -0.1) is 5.10 Å². The van der Waals surface area contributed by atoms with Crippen molar-refractivity contribution in [1.29, 1.82) is 0 Å². The highest BCUT2D eigenvalue weighted by atomic mass is 16.3. The summed E-state index contributed by atoms with van der Waals surface area (Å²) in [6, 6.07) is 5.52. The third-order valence-electron chi connectivity index (χ3n) is 4.75. The molecule has 0 atom stereocenters. The fourth-order valence-electron chi connectivity index (χ4n) is 3.16. The molecule has 0 unspecified atom stereocenters. The van der Waals surface area contributed by atoms with Gasteiger partial charge in [-0.25, -0.2) is 9.97 Å². The Morgan fingerprint density at radius 2 is 2.19 bits per heavy atom. The van der Waals surface area contributed by atoms with Crippen LogP contribution in [0.4, 0.5) is 5.95 Å². The second kappa shape index (κ2) is 6.79. The molecule has 0 bridgehead atoms. The van der Waals surface area contributed by atoms with Crippen LogP contribution >= 0.6 is 0 Å². The number of furan rings is 1. The Balaban J connectivity index is 1.55. The standard InChI is InChI=1S/C19H24N6O2/c1-19(2,26)7-10-24-8-5-13(6-9-24)14-12-16-22-17(15-4-3-11-27-15)23-25(16)18(20)21-14/h3-5,11-12,26H,6-10H2,1-2H3,(H2,20,21). The van der Waals surface area contributed by atoms with Crippen LogP contribution < -0.4 is 5.73 Å². The van der Waals surface area contributed by atoms with E-state index in [2.05, 4.69) is 26.0 Å². The van der Waals surface area contributed by atoms with Gasteiger partial charge in [0.25, 0.3) is 0 Å². The molecular weight excluding hydrogens is 344 g/mol. The van der Waals surface area contributed by atoms with Crippen LogP contribution in [-0.4, -0.2) is 54.8 Å². The van der Waals surface area contributed by atoms with Crippen LogP contribution in [0.25, 0.3) is 22.8 Å². The normalized spacial score (nSPS) is 16.0. The number of nitrogen functional groups attached to an aromatic ring is 1. The molecule has 0 saturated carbocycles. The second-order valence-electron chi connectivity index (χ2n) is 7.52. The Labute approximate surface area is 157 Å². The van der Waals surface area contributed by atoms with Crippen LogP contribution in [0.3, 0.4) is 0 Å². The number of nitrogens with two attached hydrogens (primary N) is 1. The van der Waals surface area contributed by atoms with Gasteiger partial charge in [-0.2, -0.15) is 4.52 Å². The van der Waals surface area contributed by atoms with Crippen molar-refractivity contribution in [3.05, 3.63) is 36.2 Å². The van der Waals surface area contributed by atoms with Gasteiger partial charge in [0.1, 0.15) is 0 Å². The van der Waals surface area contributed by atoms with E-state index in [1.165, 1.54) is 4.52 Å². The van der Waals surface area contributed by atoms with E-state index in [-0.39, 0.29) is 0 Å². The van der Waals surface area contributed by atoms with E-state index in [0.29, 0.717) is 23.2 Å². The van der Waals surface area contributed by atoms with Crippen molar-refractivity contribution in [3.63, 3.8) is 0 Å². The molecule has 27 heavy (non-hydrogen) atoms. The zero-order valence-corrected chi connectivity index (χ0v) is 15.6. The molecule has 0 saturated heterocycles.